The van der Waals surface area contributed by atoms with E-state index in [4.69, 9.17) is 5.11 Å². The van der Waals surface area contributed by atoms with E-state index in [1.54, 1.807) is 4.90 Å². The number of carbonyl (C=O) groups is 2. The summed E-state index contributed by atoms with van der Waals surface area (Å²) in [5, 5.41) is 9.01. The molecule has 1 aromatic carbocycles. The van der Waals surface area contributed by atoms with Crippen molar-refractivity contribution in [2.45, 2.75) is 39.5 Å². The summed E-state index contributed by atoms with van der Waals surface area (Å²) < 4.78 is 0. The van der Waals surface area contributed by atoms with Gasteiger partial charge in [-0.15, -0.1) is 0 Å². The molecule has 1 atom stereocenters. The lowest BCUT2D eigenvalue weighted by Gasteiger charge is -2.23. The number of aliphatic carboxylic acids is 1. The third kappa shape index (κ3) is 3.18. The molecule has 0 saturated heterocycles. The Morgan fingerprint density at radius 3 is 2.55 bits per heavy atom. The van der Waals surface area contributed by atoms with Crippen molar-refractivity contribution >= 4 is 17.6 Å². The highest BCUT2D eigenvalue weighted by Crippen LogP contribution is 2.39. The third-order valence-electron chi connectivity index (χ3n) is 3.47. The number of carboxylic acids is 1. The molecular weight excluding hydrogens is 254 g/mol. The van der Waals surface area contributed by atoms with Gasteiger partial charge in [-0.25, -0.2) is 0 Å². The van der Waals surface area contributed by atoms with Crippen LogP contribution in [-0.2, 0) is 9.59 Å². The Morgan fingerprint density at radius 2 is 1.95 bits per heavy atom. The number of hydrogen-bond donors (Lipinski definition) is 1. The molecule has 20 heavy (non-hydrogen) atoms. The lowest BCUT2D eigenvalue weighted by molar-refractivity contribution is -0.137. The van der Waals surface area contributed by atoms with E-state index in [0.29, 0.717) is 13.0 Å². The maximum absolute atomic E-state index is 12.4. The van der Waals surface area contributed by atoms with Crippen molar-refractivity contribution in [3.05, 3.63) is 29.8 Å². The number of amides is 1. The second kappa shape index (κ2) is 5.27. The van der Waals surface area contributed by atoms with Gasteiger partial charge in [-0.2, -0.15) is 0 Å². The van der Waals surface area contributed by atoms with Gasteiger partial charge in [0.15, 0.2) is 0 Å². The van der Waals surface area contributed by atoms with Crippen molar-refractivity contribution in [2.24, 2.45) is 5.41 Å². The van der Waals surface area contributed by atoms with Crippen LogP contribution in [0.1, 0.15) is 45.1 Å². The predicted molar refractivity (Wildman–Crippen MR) is 77.9 cm³/mol. The molecule has 1 aromatic rings. The Labute approximate surface area is 119 Å². The number of benzene rings is 1. The molecule has 1 aliphatic heterocycles. The summed E-state index contributed by atoms with van der Waals surface area (Å²) in [6.07, 6.45) is 0.525. The molecule has 1 N–H and O–H groups in total. The molecular formula is C16H21NO3. The zero-order chi connectivity index (χ0) is 14.9. The zero-order valence-corrected chi connectivity index (χ0v) is 12.2. The number of nitrogens with zero attached hydrogens (tertiary/aromatic N) is 1. The van der Waals surface area contributed by atoms with E-state index in [9.17, 15) is 9.59 Å². The topological polar surface area (TPSA) is 57.6 Å². The van der Waals surface area contributed by atoms with Crippen LogP contribution in [-0.4, -0.2) is 23.5 Å². The molecule has 108 valence electrons. The van der Waals surface area contributed by atoms with Gasteiger partial charge in [0.2, 0.25) is 5.91 Å². The maximum Gasteiger partial charge on any atom is 0.304 e. The minimum absolute atomic E-state index is 0.0658. The molecule has 0 saturated carbocycles. The number of carbonyl (C=O) groups excluding carboxylic acids is 1. The van der Waals surface area contributed by atoms with Crippen LogP contribution in [0.25, 0.3) is 0 Å². The normalized spacial score (nSPS) is 17.9. The Bertz CT molecular complexity index is 531. The summed E-state index contributed by atoms with van der Waals surface area (Å²) in [5.41, 5.74) is 1.77. The van der Waals surface area contributed by atoms with E-state index < -0.39 is 5.97 Å². The monoisotopic (exact) mass is 275 g/mol. The minimum Gasteiger partial charge on any atom is -0.481 e. The van der Waals surface area contributed by atoms with Gasteiger partial charge in [0, 0.05) is 24.6 Å². The molecule has 0 radical (unpaired) electrons. The van der Waals surface area contributed by atoms with Gasteiger partial charge in [0.1, 0.15) is 0 Å². The van der Waals surface area contributed by atoms with Gasteiger partial charge in [0.25, 0.3) is 0 Å². The number of fused-ring (bicyclic) bond motifs is 1. The van der Waals surface area contributed by atoms with E-state index in [1.807, 2.05) is 45.0 Å². The lowest BCUT2D eigenvalue weighted by Crippen LogP contribution is -2.32. The quantitative estimate of drug-likeness (QED) is 0.922. The van der Waals surface area contributed by atoms with E-state index >= 15 is 0 Å². The zero-order valence-electron chi connectivity index (χ0n) is 12.2. The molecule has 4 heteroatoms. The predicted octanol–water partition coefficient (Wildman–Crippen LogP) is 3.03. The molecule has 4 nitrogen and oxygen atoms in total. The summed E-state index contributed by atoms with van der Waals surface area (Å²) in [7, 11) is 0. The molecule has 0 aliphatic carbocycles. The molecule has 0 bridgehead atoms. The Kier molecular flexibility index (Phi) is 3.84. The summed E-state index contributed by atoms with van der Waals surface area (Å²) >= 11 is 0. The SMILES string of the molecule is CC(C)(C)CC(=O)N1CC(CC(=O)O)c2ccccc21. The average Bonchev–Trinajstić information content (AvgIpc) is 2.66. The van der Waals surface area contributed by atoms with Gasteiger partial charge in [-0.05, 0) is 17.0 Å². The fraction of sp³-hybridized carbons (Fsp3) is 0.500. The lowest BCUT2D eigenvalue weighted by atomic mass is 9.91. The van der Waals surface area contributed by atoms with Crippen molar-refractivity contribution in [1.29, 1.82) is 0 Å². The van der Waals surface area contributed by atoms with Crippen LogP contribution in [0.4, 0.5) is 5.69 Å². The first-order valence-corrected chi connectivity index (χ1v) is 6.89. The van der Waals surface area contributed by atoms with Crippen LogP contribution in [0, 0.1) is 5.41 Å². The van der Waals surface area contributed by atoms with Crippen LogP contribution in [0.3, 0.4) is 0 Å². The van der Waals surface area contributed by atoms with Gasteiger partial charge in [-0.3, -0.25) is 9.59 Å². The number of carboxylic acid groups (broad SMARTS) is 1. The second-order valence-corrected chi connectivity index (χ2v) is 6.60. The highest BCUT2D eigenvalue weighted by Gasteiger charge is 2.34. The van der Waals surface area contributed by atoms with Gasteiger partial charge >= 0.3 is 5.97 Å². The Hall–Kier alpha value is -1.84. The van der Waals surface area contributed by atoms with Crippen LogP contribution < -0.4 is 4.90 Å². The molecule has 1 heterocycles. The standard InChI is InChI=1S/C16H21NO3/c1-16(2,3)9-14(18)17-10-11(8-15(19)20)12-6-4-5-7-13(12)17/h4-7,11H,8-10H2,1-3H3,(H,19,20). The number of anilines is 1. The van der Waals surface area contributed by atoms with Crippen molar-refractivity contribution in [3.63, 3.8) is 0 Å². The van der Waals surface area contributed by atoms with Crippen molar-refractivity contribution < 1.29 is 14.7 Å². The smallest absolute Gasteiger partial charge is 0.304 e. The van der Waals surface area contributed by atoms with Crippen LogP contribution in [0.2, 0.25) is 0 Å². The van der Waals surface area contributed by atoms with Crippen molar-refractivity contribution in [1.82, 2.24) is 0 Å². The Morgan fingerprint density at radius 1 is 1.30 bits per heavy atom. The molecule has 1 aliphatic rings. The van der Waals surface area contributed by atoms with Crippen LogP contribution in [0.15, 0.2) is 24.3 Å². The molecule has 0 spiro atoms. The van der Waals surface area contributed by atoms with Crippen molar-refractivity contribution in [3.8, 4) is 0 Å². The summed E-state index contributed by atoms with van der Waals surface area (Å²) in [5.74, 6) is -0.861. The van der Waals surface area contributed by atoms with E-state index in [-0.39, 0.29) is 23.7 Å². The maximum atomic E-state index is 12.4. The number of hydrogen-bond acceptors (Lipinski definition) is 2. The summed E-state index contributed by atoms with van der Waals surface area (Å²) in [6, 6.07) is 7.61. The van der Waals surface area contributed by atoms with E-state index in [2.05, 4.69) is 0 Å². The molecule has 0 fully saturated rings. The number of rotatable bonds is 3. The van der Waals surface area contributed by atoms with E-state index in [1.165, 1.54) is 0 Å². The first kappa shape index (κ1) is 14.6. The van der Waals surface area contributed by atoms with Gasteiger partial charge < -0.3 is 10.0 Å². The highest BCUT2D eigenvalue weighted by molar-refractivity contribution is 5.96. The highest BCUT2D eigenvalue weighted by atomic mass is 16.4. The Balaban J connectivity index is 2.25. The summed E-state index contributed by atoms with van der Waals surface area (Å²) in [4.78, 5) is 25.1. The fourth-order valence-corrected chi connectivity index (χ4v) is 2.67. The molecule has 1 unspecified atom stereocenters. The second-order valence-electron chi connectivity index (χ2n) is 6.60. The van der Waals surface area contributed by atoms with Gasteiger partial charge in [0.05, 0.1) is 6.42 Å². The van der Waals surface area contributed by atoms with Crippen molar-refractivity contribution in [2.75, 3.05) is 11.4 Å². The third-order valence-corrected chi connectivity index (χ3v) is 3.47. The first-order valence-electron chi connectivity index (χ1n) is 6.89. The van der Waals surface area contributed by atoms with Crippen LogP contribution in [0.5, 0.6) is 0 Å². The average molecular weight is 275 g/mol. The minimum atomic E-state index is -0.824. The van der Waals surface area contributed by atoms with Gasteiger partial charge in [-0.1, -0.05) is 39.0 Å². The first-order chi connectivity index (χ1) is 9.28. The molecule has 2 rings (SSSR count). The largest absolute Gasteiger partial charge is 0.481 e. The van der Waals surface area contributed by atoms with E-state index in [0.717, 1.165) is 11.3 Å². The van der Waals surface area contributed by atoms with Crippen LogP contribution >= 0.6 is 0 Å². The summed E-state index contributed by atoms with van der Waals surface area (Å²) in [6.45, 7) is 6.56. The molecule has 0 aromatic heterocycles. The number of para-hydroxylation sites is 1. The molecule has 1 amide bonds. The fourth-order valence-electron chi connectivity index (χ4n) is 2.67.